The number of ether oxygens (including phenoxy) is 1. The van der Waals surface area contributed by atoms with Gasteiger partial charge in [0.1, 0.15) is 11.9 Å². The van der Waals surface area contributed by atoms with Crippen molar-refractivity contribution in [3.63, 3.8) is 0 Å². The summed E-state index contributed by atoms with van der Waals surface area (Å²) >= 11 is 0. The Labute approximate surface area is 144 Å². The molecule has 24 heavy (non-hydrogen) atoms. The first kappa shape index (κ1) is 17.3. The maximum atomic E-state index is 8.75. The van der Waals surface area contributed by atoms with Crippen LogP contribution in [0.1, 0.15) is 34.6 Å². The van der Waals surface area contributed by atoms with Crippen LogP contribution in [0.2, 0.25) is 0 Å². The Morgan fingerprint density at radius 3 is 2.29 bits per heavy atom. The molecule has 2 saturated heterocycles. The monoisotopic (exact) mass is 328 g/mol. The average molecular weight is 328 g/mol. The van der Waals surface area contributed by atoms with Gasteiger partial charge in [0.05, 0.1) is 23.8 Å². The first-order valence-corrected chi connectivity index (χ1v) is 8.47. The molecule has 128 valence electrons. The van der Waals surface area contributed by atoms with Crippen molar-refractivity contribution in [1.82, 2.24) is 4.90 Å². The van der Waals surface area contributed by atoms with E-state index in [9.17, 15) is 0 Å². The van der Waals surface area contributed by atoms with E-state index in [0.717, 1.165) is 17.8 Å². The minimum atomic E-state index is -0.349. The smallest absolute Gasteiger partial charge is 0.487 e. The summed E-state index contributed by atoms with van der Waals surface area (Å²) in [6.07, 6.45) is 0.140. The Morgan fingerprint density at radius 1 is 1.21 bits per heavy atom. The van der Waals surface area contributed by atoms with Gasteiger partial charge in [0.25, 0.3) is 0 Å². The molecule has 0 saturated carbocycles. The van der Waals surface area contributed by atoms with E-state index < -0.39 is 0 Å². The molecule has 1 aromatic rings. The normalized spacial score (nSPS) is 28.2. The first-order chi connectivity index (χ1) is 11.2. The highest BCUT2D eigenvalue weighted by Gasteiger charge is 2.51. The molecule has 0 radical (unpaired) electrons. The van der Waals surface area contributed by atoms with E-state index >= 15 is 0 Å². The average Bonchev–Trinajstić information content (AvgIpc) is 2.75. The highest BCUT2D eigenvalue weighted by molar-refractivity contribution is 6.62. The van der Waals surface area contributed by atoms with Crippen LogP contribution in [0.5, 0.6) is 5.75 Å². The van der Waals surface area contributed by atoms with Gasteiger partial charge in [0.15, 0.2) is 0 Å². The Balaban J connectivity index is 1.60. The largest absolute Gasteiger partial charge is 0.494 e. The maximum absolute atomic E-state index is 8.75. The number of hydrogen-bond donors (Lipinski definition) is 0. The molecule has 0 spiro atoms. The van der Waals surface area contributed by atoms with Gasteiger partial charge in [-0.15, -0.1) is 0 Å². The fourth-order valence-electron chi connectivity index (χ4n) is 2.94. The number of nitriles is 1. The van der Waals surface area contributed by atoms with E-state index in [4.69, 9.17) is 19.3 Å². The van der Waals surface area contributed by atoms with Gasteiger partial charge in [-0.2, -0.15) is 5.26 Å². The van der Waals surface area contributed by atoms with Crippen molar-refractivity contribution >= 4 is 12.6 Å². The van der Waals surface area contributed by atoms with Crippen molar-refractivity contribution in [3.05, 3.63) is 24.3 Å². The number of benzene rings is 1. The van der Waals surface area contributed by atoms with Crippen LogP contribution in [0, 0.1) is 11.3 Å². The molecule has 0 N–H and O–H groups in total. The van der Waals surface area contributed by atoms with Crippen LogP contribution in [0.4, 0.5) is 0 Å². The van der Waals surface area contributed by atoms with Crippen LogP contribution in [0.15, 0.2) is 24.3 Å². The van der Waals surface area contributed by atoms with Crippen molar-refractivity contribution in [2.75, 3.05) is 13.1 Å². The minimum absolute atomic E-state index is 0.140. The van der Waals surface area contributed by atoms with Gasteiger partial charge in [-0.3, -0.25) is 4.90 Å². The number of hydrogen-bond acceptors (Lipinski definition) is 5. The quantitative estimate of drug-likeness (QED) is 0.625. The van der Waals surface area contributed by atoms with Crippen LogP contribution < -0.4 is 10.2 Å². The summed E-state index contributed by atoms with van der Waals surface area (Å²) in [5.74, 6) is 0.837. The van der Waals surface area contributed by atoms with Gasteiger partial charge in [-0.1, -0.05) is 12.1 Å². The van der Waals surface area contributed by atoms with Crippen molar-refractivity contribution in [3.8, 4) is 11.8 Å². The predicted octanol–water partition coefficient (Wildman–Crippen LogP) is 1.96. The van der Waals surface area contributed by atoms with Crippen LogP contribution >= 0.6 is 0 Å². The molecule has 2 aliphatic rings. The Morgan fingerprint density at radius 2 is 1.79 bits per heavy atom. The van der Waals surface area contributed by atoms with Gasteiger partial charge in [0.2, 0.25) is 0 Å². The lowest BCUT2D eigenvalue weighted by Crippen LogP contribution is -2.60. The van der Waals surface area contributed by atoms with Crippen molar-refractivity contribution in [2.24, 2.45) is 0 Å². The summed E-state index contributed by atoms with van der Waals surface area (Å²) in [6.45, 7) is 11.6. The molecule has 5 nitrogen and oxygen atoms in total. The van der Waals surface area contributed by atoms with Crippen LogP contribution in [-0.4, -0.2) is 48.5 Å². The molecule has 2 aliphatic heterocycles. The predicted molar refractivity (Wildman–Crippen MR) is 93.2 cm³/mol. The topological polar surface area (TPSA) is 54.7 Å². The van der Waals surface area contributed by atoms with E-state index in [-0.39, 0.29) is 30.5 Å². The van der Waals surface area contributed by atoms with E-state index in [1.807, 2.05) is 24.3 Å². The van der Waals surface area contributed by atoms with Crippen LogP contribution in [-0.2, 0) is 9.31 Å². The number of rotatable bonds is 4. The number of likely N-dealkylation sites (tertiary alicyclic amines) is 1. The summed E-state index contributed by atoms with van der Waals surface area (Å²) in [6, 6.07) is 10.4. The molecule has 0 aromatic heterocycles. The van der Waals surface area contributed by atoms with Gasteiger partial charge < -0.3 is 14.0 Å². The third kappa shape index (κ3) is 3.04. The highest BCUT2D eigenvalue weighted by Crippen LogP contribution is 2.36. The molecular formula is C18H25BN2O3. The molecule has 3 rings (SSSR count). The second-order valence-corrected chi connectivity index (χ2v) is 7.64. The third-order valence-corrected chi connectivity index (χ3v) is 5.50. The van der Waals surface area contributed by atoms with Gasteiger partial charge in [-0.25, -0.2) is 0 Å². The lowest BCUT2D eigenvalue weighted by atomic mass is 9.79. The van der Waals surface area contributed by atoms with E-state index in [0.29, 0.717) is 6.54 Å². The van der Waals surface area contributed by atoms with Crippen molar-refractivity contribution < 1.29 is 14.0 Å². The highest BCUT2D eigenvalue weighted by atomic mass is 16.7. The summed E-state index contributed by atoms with van der Waals surface area (Å²) in [4.78, 5) is 2.10. The second kappa shape index (κ2) is 6.07. The fourth-order valence-corrected chi connectivity index (χ4v) is 2.94. The van der Waals surface area contributed by atoms with Crippen molar-refractivity contribution in [2.45, 2.75) is 58.0 Å². The summed E-state index contributed by atoms with van der Waals surface area (Å²) < 4.78 is 18.1. The zero-order valence-corrected chi connectivity index (χ0v) is 15.1. The standard InChI is InChI=1S/C18H25BN2O3/c1-13-16(12-21(13)11-10-20)22-15-8-6-14(7-9-15)19-23-17(2,3)18(4,5)24-19/h6-9,13,16H,11-12H2,1-5H3. The van der Waals surface area contributed by atoms with Gasteiger partial charge >= 0.3 is 7.12 Å². The second-order valence-electron chi connectivity index (χ2n) is 7.64. The molecule has 6 heteroatoms. The Bertz CT molecular complexity index is 623. The maximum Gasteiger partial charge on any atom is 0.494 e. The summed E-state index contributed by atoms with van der Waals surface area (Å²) in [5, 5.41) is 8.75. The van der Waals surface area contributed by atoms with Crippen LogP contribution in [0.3, 0.4) is 0 Å². The molecule has 0 bridgehead atoms. The lowest BCUT2D eigenvalue weighted by molar-refractivity contribution is -0.0271. The van der Waals surface area contributed by atoms with E-state index in [1.54, 1.807) is 0 Å². The molecule has 2 atom stereocenters. The first-order valence-electron chi connectivity index (χ1n) is 8.47. The van der Waals surface area contributed by atoms with Gasteiger partial charge in [0, 0.05) is 12.6 Å². The minimum Gasteiger partial charge on any atom is -0.487 e. The zero-order valence-electron chi connectivity index (χ0n) is 15.1. The summed E-state index contributed by atoms with van der Waals surface area (Å²) in [5.41, 5.74) is 0.324. The van der Waals surface area contributed by atoms with Gasteiger partial charge in [-0.05, 0) is 52.2 Å². The molecule has 2 fully saturated rings. The fraction of sp³-hybridized carbons (Fsp3) is 0.611. The molecule has 1 aromatic carbocycles. The molecular weight excluding hydrogens is 303 g/mol. The van der Waals surface area contributed by atoms with Crippen LogP contribution in [0.25, 0.3) is 0 Å². The molecule has 2 unspecified atom stereocenters. The molecule has 2 heterocycles. The van der Waals surface area contributed by atoms with E-state index in [1.165, 1.54) is 0 Å². The third-order valence-electron chi connectivity index (χ3n) is 5.50. The molecule has 0 aliphatic carbocycles. The van der Waals surface area contributed by atoms with Crippen molar-refractivity contribution in [1.29, 1.82) is 5.26 Å². The number of nitrogens with zero attached hydrogens (tertiary/aromatic N) is 2. The Kier molecular flexibility index (Phi) is 4.37. The SMILES string of the molecule is CC1C(Oc2ccc(B3OC(C)(C)C(C)(C)O3)cc2)CN1CC#N. The lowest BCUT2D eigenvalue weighted by Gasteiger charge is -2.44. The zero-order chi connectivity index (χ0) is 17.5. The summed E-state index contributed by atoms with van der Waals surface area (Å²) in [7, 11) is -0.349. The molecule has 0 amide bonds. The Hall–Kier alpha value is -1.55. The van der Waals surface area contributed by atoms with E-state index in [2.05, 4.69) is 45.6 Å².